The molecule has 0 aliphatic heterocycles. The summed E-state index contributed by atoms with van der Waals surface area (Å²) in [5.41, 5.74) is -0.654. The Morgan fingerprint density at radius 3 is 2.43 bits per heavy atom. The fraction of sp³-hybridized carbons (Fsp3) is 0.900. The highest BCUT2D eigenvalue weighted by Gasteiger charge is 2.34. The lowest BCUT2D eigenvalue weighted by Gasteiger charge is -2.30. The normalized spacial score (nSPS) is 22.6. The number of hydrogen-bond acceptors (Lipinski definition) is 3. The first-order chi connectivity index (χ1) is 6.44. The van der Waals surface area contributed by atoms with Crippen molar-refractivity contribution in [2.75, 3.05) is 13.6 Å². The van der Waals surface area contributed by atoms with Gasteiger partial charge in [-0.3, -0.25) is 9.69 Å². The summed E-state index contributed by atoms with van der Waals surface area (Å²) in [5, 5.41) is 18.8. The molecular weight excluding hydrogens is 182 g/mol. The molecule has 4 nitrogen and oxygen atoms in total. The molecule has 0 spiro atoms. The second kappa shape index (κ2) is 4.28. The van der Waals surface area contributed by atoms with Crippen molar-refractivity contribution >= 4 is 5.97 Å². The average molecular weight is 201 g/mol. The quantitative estimate of drug-likeness (QED) is 0.702. The van der Waals surface area contributed by atoms with E-state index in [-0.39, 0.29) is 0 Å². The highest BCUT2D eigenvalue weighted by Crippen LogP contribution is 2.30. The largest absolute Gasteiger partial charge is 0.480 e. The van der Waals surface area contributed by atoms with E-state index < -0.39 is 17.6 Å². The van der Waals surface area contributed by atoms with Crippen LogP contribution in [-0.4, -0.2) is 46.3 Å². The van der Waals surface area contributed by atoms with Crippen molar-refractivity contribution in [3.8, 4) is 0 Å². The zero-order chi connectivity index (χ0) is 10.8. The minimum absolute atomic E-state index is 0.459. The molecule has 1 fully saturated rings. The number of nitrogens with zero attached hydrogens (tertiary/aromatic N) is 1. The molecule has 0 heterocycles. The number of carboxylic acids is 1. The number of carboxylic acid groups (broad SMARTS) is 1. The van der Waals surface area contributed by atoms with Gasteiger partial charge in [-0.15, -0.1) is 0 Å². The Labute approximate surface area is 84.5 Å². The maximum Gasteiger partial charge on any atom is 0.320 e. The van der Waals surface area contributed by atoms with Crippen LogP contribution in [-0.2, 0) is 4.79 Å². The van der Waals surface area contributed by atoms with Gasteiger partial charge in [-0.2, -0.15) is 0 Å². The van der Waals surface area contributed by atoms with Crippen LogP contribution in [0.2, 0.25) is 0 Å². The molecule has 0 aromatic rings. The monoisotopic (exact) mass is 201 g/mol. The fourth-order valence-electron chi connectivity index (χ4n) is 1.98. The molecule has 0 aromatic carbocycles. The Balaban J connectivity index is 2.46. The van der Waals surface area contributed by atoms with Crippen molar-refractivity contribution in [3.63, 3.8) is 0 Å². The van der Waals surface area contributed by atoms with E-state index in [0.29, 0.717) is 6.54 Å². The van der Waals surface area contributed by atoms with Crippen LogP contribution < -0.4 is 0 Å². The number of hydrogen-bond donors (Lipinski definition) is 2. The summed E-state index contributed by atoms with van der Waals surface area (Å²) >= 11 is 0. The summed E-state index contributed by atoms with van der Waals surface area (Å²) < 4.78 is 0. The van der Waals surface area contributed by atoms with Gasteiger partial charge < -0.3 is 10.2 Å². The van der Waals surface area contributed by atoms with Crippen LogP contribution in [0.4, 0.5) is 0 Å². The molecule has 1 aliphatic rings. The topological polar surface area (TPSA) is 60.8 Å². The van der Waals surface area contributed by atoms with Crippen LogP contribution in [0.1, 0.15) is 32.6 Å². The average Bonchev–Trinajstić information content (AvgIpc) is 2.50. The van der Waals surface area contributed by atoms with E-state index in [1.54, 1.807) is 18.9 Å². The van der Waals surface area contributed by atoms with E-state index in [2.05, 4.69) is 0 Å². The highest BCUT2D eigenvalue weighted by molar-refractivity contribution is 5.72. The molecule has 4 heteroatoms. The number of carbonyl (C=O) groups is 1. The maximum atomic E-state index is 10.7. The van der Waals surface area contributed by atoms with Gasteiger partial charge in [0.2, 0.25) is 0 Å². The molecule has 82 valence electrons. The summed E-state index contributed by atoms with van der Waals surface area (Å²) in [7, 11) is 1.75. The second-order valence-electron chi connectivity index (χ2n) is 4.36. The molecule has 1 rings (SSSR count). The molecule has 1 unspecified atom stereocenters. The summed E-state index contributed by atoms with van der Waals surface area (Å²) in [4.78, 5) is 12.4. The smallest absolute Gasteiger partial charge is 0.320 e. The van der Waals surface area contributed by atoms with Crippen molar-refractivity contribution in [1.29, 1.82) is 0 Å². The molecule has 2 N–H and O–H groups in total. The lowest BCUT2D eigenvalue weighted by molar-refractivity contribution is -0.143. The molecule has 0 amide bonds. The molecule has 0 saturated heterocycles. The predicted octanol–water partition coefficient (Wildman–Crippen LogP) is 0.696. The van der Waals surface area contributed by atoms with E-state index in [1.807, 2.05) is 0 Å². The van der Waals surface area contributed by atoms with Gasteiger partial charge in [0.15, 0.2) is 0 Å². The van der Waals surface area contributed by atoms with Gasteiger partial charge in [0.05, 0.1) is 5.60 Å². The number of aliphatic hydroxyl groups is 1. The second-order valence-corrected chi connectivity index (χ2v) is 4.36. The van der Waals surface area contributed by atoms with Gasteiger partial charge in [-0.05, 0) is 26.8 Å². The van der Waals surface area contributed by atoms with E-state index in [4.69, 9.17) is 5.11 Å². The van der Waals surface area contributed by atoms with Crippen molar-refractivity contribution in [2.45, 2.75) is 44.2 Å². The molecule has 1 atom stereocenters. The molecule has 0 aromatic heterocycles. The van der Waals surface area contributed by atoms with Crippen LogP contribution in [0.25, 0.3) is 0 Å². The third-order valence-electron chi connectivity index (χ3n) is 3.10. The SMILES string of the molecule is CC(C(=O)O)N(C)CC1(O)CCCC1. The van der Waals surface area contributed by atoms with E-state index in [0.717, 1.165) is 25.7 Å². The van der Waals surface area contributed by atoms with Crippen molar-refractivity contribution in [2.24, 2.45) is 0 Å². The lowest BCUT2D eigenvalue weighted by atomic mass is 10.0. The maximum absolute atomic E-state index is 10.7. The number of likely N-dealkylation sites (N-methyl/N-ethyl adjacent to an activating group) is 1. The van der Waals surface area contributed by atoms with Crippen molar-refractivity contribution < 1.29 is 15.0 Å². The third kappa shape index (κ3) is 2.69. The van der Waals surface area contributed by atoms with E-state index in [9.17, 15) is 9.90 Å². The molecule has 0 bridgehead atoms. The molecule has 14 heavy (non-hydrogen) atoms. The first-order valence-electron chi connectivity index (χ1n) is 5.10. The van der Waals surface area contributed by atoms with Crippen molar-refractivity contribution in [1.82, 2.24) is 4.90 Å². The first-order valence-corrected chi connectivity index (χ1v) is 5.10. The third-order valence-corrected chi connectivity index (χ3v) is 3.10. The van der Waals surface area contributed by atoms with Crippen LogP contribution in [0.15, 0.2) is 0 Å². The lowest BCUT2D eigenvalue weighted by Crippen LogP contribution is -2.45. The molecule has 0 radical (unpaired) electrons. The summed E-state index contributed by atoms with van der Waals surface area (Å²) in [5.74, 6) is -0.839. The van der Waals surface area contributed by atoms with Gasteiger partial charge in [0, 0.05) is 6.54 Å². The summed E-state index contributed by atoms with van der Waals surface area (Å²) in [6.07, 6.45) is 3.69. The summed E-state index contributed by atoms with van der Waals surface area (Å²) in [6, 6.07) is -0.528. The standard InChI is InChI=1S/C10H19NO3/c1-8(9(12)13)11(2)7-10(14)5-3-4-6-10/h8,14H,3-7H2,1-2H3,(H,12,13). The Morgan fingerprint density at radius 1 is 1.50 bits per heavy atom. The Morgan fingerprint density at radius 2 is 2.00 bits per heavy atom. The minimum atomic E-state index is -0.839. The van der Waals surface area contributed by atoms with Crippen LogP contribution in [0, 0.1) is 0 Å². The Bertz CT molecular complexity index is 211. The first kappa shape index (κ1) is 11.5. The predicted molar refractivity (Wildman–Crippen MR) is 53.1 cm³/mol. The number of rotatable bonds is 4. The molecule has 1 aliphatic carbocycles. The van der Waals surface area contributed by atoms with Gasteiger partial charge in [0.1, 0.15) is 6.04 Å². The zero-order valence-electron chi connectivity index (χ0n) is 8.86. The molecule has 1 saturated carbocycles. The summed E-state index contributed by atoms with van der Waals surface area (Å²) in [6.45, 7) is 2.10. The zero-order valence-corrected chi connectivity index (χ0v) is 8.86. The van der Waals surface area contributed by atoms with Gasteiger partial charge in [-0.1, -0.05) is 12.8 Å². The van der Waals surface area contributed by atoms with Crippen LogP contribution in [0.5, 0.6) is 0 Å². The fourth-order valence-corrected chi connectivity index (χ4v) is 1.98. The van der Waals surface area contributed by atoms with Crippen LogP contribution in [0.3, 0.4) is 0 Å². The van der Waals surface area contributed by atoms with E-state index in [1.165, 1.54) is 0 Å². The number of aliphatic carboxylic acids is 1. The van der Waals surface area contributed by atoms with Crippen LogP contribution >= 0.6 is 0 Å². The van der Waals surface area contributed by atoms with Crippen molar-refractivity contribution in [3.05, 3.63) is 0 Å². The van der Waals surface area contributed by atoms with Gasteiger partial charge in [0.25, 0.3) is 0 Å². The van der Waals surface area contributed by atoms with Gasteiger partial charge in [-0.25, -0.2) is 0 Å². The van der Waals surface area contributed by atoms with E-state index >= 15 is 0 Å². The highest BCUT2D eigenvalue weighted by atomic mass is 16.4. The Kier molecular flexibility index (Phi) is 3.50. The Hall–Kier alpha value is -0.610. The molecular formula is C10H19NO3. The van der Waals surface area contributed by atoms with Gasteiger partial charge >= 0.3 is 5.97 Å². The minimum Gasteiger partial charge on any atom is -0.480 e.